The predicted octanol–water partition coefficient (Wildman–Crippen LogP) is 3.54. The van der Waals surface area contributed by atoms with Crippen molar-refractivity contribution in [2.45, 2.75) is 25.9 Å². The minimum Gasteiger partial charge on any atom is -0.482 e. The van der Waals surface area contributed by atoms with Gasteiger partial charge in [0.25, 0.3) is 0 Å². The Bertz CT molecular complexity index is 1070. The van der Waals surface area contributed by atoms with Crippen LogP contribution in [0.4, 0.5) is 4.39 Å². The number of esters is 1. The summed E-state index contributed by atoms with van der Waals surface area (Å²) in [5.41, 5.74) is 2.23. The van der Waals surface area contributed by atoms with Crippen molar-refractivity contribution in [3.63, 3.8) is 0 Å². The van der Waals surface area contributed by atoms with E-state index in [2.05, 4.69) is 0 Å². The van der Waals surface area contributed by atoms with Crippen LogP contribution < -0.4 is 10.4 Å². The average molecular weight is 368 g/mol. The fourth-order valence-electron chi connectivity index (χ4n) is 3.31. The third-order valence-electron chi connectivity index (χ3n) is 4.65. The van der Waals surface area contributed by atoms with Crippen LogP contribution in [0.25, 0.3) is 11.0 Å². The van der Waals surface area contributed by atoms with Crippen LogP contribution in [0.3, 0.4) is 0 Å². The quantitative estimate of drug-likeness (QED) is 0.509. The summed E-state index contributed by atoms with van der Waals surface area (Å²) < 4.78 is 29.3. The zero-order chi connectivity index (χ0) is 18.8. The molecule has 0 unspecified atom stereocenters. The maximum Gasteiger partial charge on any atom is 0.344 e. The molecule has 27 heavy (non-hydrogen) atoms. The summed E-state index contributed by atoms with van der Waals surface area (Å²) in [6.45, 7) is -0.483. The van der Waals surface area contributed by atoms with Crippen molar-refractivity contribution in [2.24, 2.45) is 0 Å². The van der Waals surface area contributed by atoms with Gasteiger partial charge in [0.15, 0.2) is 6.61 Å². The molecule has 0 N–H and O–H groups in total. The van der Waals surface area contributed by atoms with Gasteiger partial charge in [0, 0.05) is 22.6 Å². The second-order valence-corrected chi connectivity index (χ2v) is 6.40. The molecule has 0 atom stereocenters. The molecule has 0 radical (unpaired) electrons. The number of hydrogen-bond donors (Lipinski definition) is 0. The van der Waals surface area contributed by atoms with Crippen LogP contribution in [-0.2, 0) is 29.0 Å². The van der Waals surface area contributed by atoms with Gasteiger partial charge >= 0.3 is 11.6 Å². The first-order chi connectivity index (χ1) is 13.1. The molecule has 0 spiro atoms. The number of carbonyl (C=O) groups excluding carboxylic acids is 1. The smallest absolute Gasteiger partial charge is 0.344 e. The molecular weight excluding hydrogens is 351 g/mol. The molecule has 6 heteroatoms. The van der Waals surface area contributed by atoms with E-state index in [-0.39, 0.29) is 18.8 Å². The molecule has 0 bridgehead atoms. The molecular formula is C21H17FO5. The van der Waals surface area contributed by atoms with Gasteiger partial charge in [0.05, 0.1) is 0 Å². The summed E-state index contributed by atoms with van der Waals surface area (Å²) in [5, 5.41) is 0.900. The van der Waals surface area contributed by atoms with E-state index in [0.717, 1.165) is 35.8 Å². The highest BCUT2D eigenvalue weighted by molar-refractivity contribution is 5.83. The van der Waals surface area contributed by atoms with Crippen LogP contribution in [0.5, 0.6) is 5.75 Å². The van der Waals surface area contributed by atoms with Crippen LogP contribution in [0.15, 0.2) is 51.7 Å². The first-order valence-corrected chi connectivity index (χ1v) is 8.72. The third-order valence-corrected chi connectivity index (χ3v) is 4.65. The van der Waals surface area contributed by atoms with E-state index in [1.54, 1.807) is 30.3 Å². The van der Waals surface area contributed by atoms with Gasteiger partial charge in [0.1, 0.15) is 23.8 Å². The van der Waals surface area contributed by atoms with Gasteiger partial charge in [-0.3, -0.25) is 0 Å². The van der Waals surface area contributed by atoms with Crippen LogP contribution in [0, 0.1) is 5.82 Å². The number of rotatable bonds is 5. The second kappa shape index (κ2) is 7.23. The van der Waals surface area contributed by atoms with Crippen molar-refractivity contribution in [1.29, 1.82) is 0 Å². The van der Waals surface area contributed by atoms with Crippen LogP contribution in [-0.4, -0.2) is 12.6 Å². The summed E-state index contributed by atoms with van der Waals surface area (Å²) in [5.74, 6) is -0.650. The van der Waals surface area contributed by atoms with Crippen molar-refractivity contribution < 1.29 is 23.1 Å². The highest BCUT2D eigenvalue weighted by Gasteiger charge is 2.19. The lowest BCUT2D eigenvalue weighted by Crippen LogP contribution is -2.15. The molecule has 4 rings (SSSR count). The molecule has 1 aliphatic carbocycles. The van der Waals surface area contributed by atoms with E-state index in [4.69, 9.17) is 13.9 Å². The number of benzene rings is 2. The van der Waals surface area contributed by atoms with Gasteiger partial charge in [0.2, 0.25) is 0 Å². The van der Waals surface area contributed by atoms with Gasteiger partial charge in [-0.05, 0) is 43.0 Å². The zero-order valence-electron chi connectivity index (χ0n) is 14.5. The van der Waals surface area contributed by atoms with E-state index < -0.39 is 11.8 Å². The Morgan fingerprint density at radius 2 is 1.93 bits per heavy atom. The number of halogens is 1. The number of carbonyl (C=O) groups is 1. The number of ether oxygens (including phenoxy) is 2. The molecule has 5 nitrogen and oxygen atoms in total. The minimum atomic E-state index is -0.617. The van der Waals surface area contributed by atoms with Crippen LogP contribution in [0.1, 0.15) is 23.1 Å². The first-order valence-electron chi connectivity index (χ1n) is 8.72. The Balaban J connectivity index is 1.42. The summed E-state index contributed by atoms with van der Waals surface area (Å²) in [7, 11) is 0. The average Bonchev–Trinajstić information content (AvgIpc) is 3.16. The van der Waals surface area contributed by atoms with Gasteiger partial charge in [-0.2, -0.15) is 0 Å². The zero-order valence-corrected chi connectivity index (χ0v) is 14.5. The van der Waals surface area contributed by atoms with E-state index >= 15 is 0 Å². The first kappa shape index (κ1) is 17.3. The second-order valence-electron chi connectivity index (χ2n) is 6.40. The Morgan fingerprint density at radius 3 is 2.78 bits per heavy atom. The fraction of sp³-hybridized carbons (Fsp3) is 0.238. The topological polar surface area (TPSA) is 65.7 Å². The minimum absolute atomic E-state index is 0.159. The summed E-state index contributed by atoms with van der Waals surface area (Å²) in [4.78, 5) is 23.9. The lowest BCUT2D eigenvalue weighted by molar-refractivity contribution is -0.147. The number of hydrogen-bond acceptors (Lipinski definition) is 5. The number of fused-ring (bicyclic) bond motifs is 3. The number of aryl methyl sites for hydroxylation is 1. The Morgan fingerprint density at radius 1 is 1.11 bits per heavy atom. The van der Waals surface area contributed by atoms with Gasteiger partial charge in [-0.15, -0.1) is 0 Å². The lowest BCUT2D eigenvalue weighted by atomic mass is 10.1. The highest BCUT2D eigenvalue weighted by atomic mass is 19.1. The SMILES string of the molecule is O=C(COc1ccc2c3c(c(=O)oc2c1)CCC3)OCc1ccccc1F. The molecule has 2 aromatic carbocycles. The molecule has 0 fully saturated rings. The fourth-order valence-corrected chi connectivity index (χ4v) is 3.31. The standard InChI is InChI=1S/C21H17FO5/c22-18-7-2-1-4-13(18)11-26-20(23)12-25-14-8-9-16-15-5-3-6-17(15)21(24)27-19(16)10-14/h1-2,4,7-10H,3,5-6,11-12H2. The molecule has 138 valence electrons. The van der Waals surface area contributed by atoms with Crippen molar-refractivity contribution in [3.05, 3.63) is 75.4 Å². The molecule has 0 saturated carbocycles. The third kappa shape index (κ3) is 3.56. The van der Waals surface area contributed by atoms with Crippen molar-refractivity contribution in [3.8, 4) is 5.75 Å². The van der Waals surface area contributed by atoms with E-state index in [0.29, 0.717) is 16.9 Å². The Labute approximate surface area is 154 Å². The molecule has 1 aliphatic rings. The molecule has 0 saturated heterocycles. The van der Waals surface area contributed by atoms with E-state index in [1.807, 2.05) is 6.07 Å². The summed E-state index contributed by atoms with van der Waals surface area (Å²) in [6, 6.07) is 11.2. The van der Waals surface area contributed by atoms with Crippen LogP contribution in [0.2, 0.25) is 0 Å². The van der Waals surface area contributed by atoms with E-state index in [9.17, 15) is 14.0 Å². The van der Waals surface area contributed by atoms with Gasteiger partial charge in [-0.1, -0.05) is 18.2 Å². The normalized spacial score (nSPS) is 12.8. The van der Waals surface area contributed by atoms with Crippen molar-refractivity contribution in [2.75, 3.05) is 6.61 Å². The molecule has 0 aliphatic heterocycles. The Kier molecular flexibility index (Phi) is 4.62. The van der Waals surface area contributed by atoms with Gasteiger partial charge < -0.3 is 13.9 Å². The van der Waals surface area contributed by atoms with Crippen LogP contribution >= 0.6 is 0 Å². The lowest BCUT2D eigenvalue weighted by Gasteiger charge is -2.09. The maximum atomic E-state index is 13.5. The molecule has 1 aromatic heterocycles. The molecule has 0 amide bonds. The largest absolute Gasteiger partial charge is 0.482 e. The monoisotopic (exact) mass is 368 g/mol. The summed E-state index contributed by atoms with van der Waals surface area (Å²) in [6.07, 6.45) is 2.56. The highest BCUT2D eigenvalue weighted by Crippen LogP contribution is 2.29. The van der Waals surface area contributed by atoms with E-state index in [1.165, 1.54) is 6.07 Å². The summed E-state index contributed by atoms with van der Waals surface area (Å²) >= 11 is 0. The van der Waals surface area contributed by atoms with Crippen molar-refractivity contribution >= 4 is 16.9 Å². The predicted molar refractivity (Wildman–Crippen MR) is 96.2 cm³/mol. The van der Waals surface area contributed by atoms with Gasteiger partial charge in [-0.25, -0.2) is 14.0 Å². The maximum absolute atomic E-state index is 13.5. The molecule has 1 heterocycles. The Hall–Kier alpha value is -3.15. The molecule has 3 aromatic rings. The van der Waals surface area contributed by atoms with Crippen molar-refractivity contribution in [1.82, 2.24) is 0 Å².